The predicted octanol–water partition coefficient (Wildman–Crippen LogP) is 5.37. The Labute approximate surface area is 249 Å². The minimum absolute atomic E-state index is 0.0557. The fraction of sp³-hybridized carbons (Fsp3) is 0.419. The summed E-state index contributed by atoms with van der Waals surface area (Å²) in [5.74, 6) is -0.0667. The fourth-order valence-electron chi connectivity index (χ4n) is 5.02. The van der Waals surface area contributed by atoms with E-state index in [1.54, 1.807) is 24.2 Å². The Kier molecular flexibility index (Phi) is 8.41. The topological polar surface area (TPSA) is 104 Å². The van der Waals surface area contributed by atoms with Crippen molar-refractivity contribution in [3.05, 3.63) is 48.6 Å². The molecule has 0 atom stereocenters. The average molecular weight is 593 g/mol. The number of amides is 1. The molecule has 1 aliphatic heterocycles. The number of rotatable bonds is 8. The van der Waals surface area contributed by atoms with Crippen LogP contribution in [0.4, 0.5) is 14.9 Å². The average Bonchev–Trinajstić information content (AvgIpc) is 3.35. The number of anilines is 1. The van der Waals surface area contributed by atoms with E-state index >= 15 is 4.39 Å². The highest BCUT2D eigenvalue weighted by Crippen LogP contribution is 2.38. The van der Waals surface area contributed by atoms with Crippen molar-refractivity contribution in [1.29, 1.82) is 0 Å². The van der Waals surface area contributed by atoms with Gasteiger partial charge in [-0.05, 0) is 52.0 Å². The van der Waals surface area contributed by atoms with Crippen LogP contribution in [0.2, 0.25) is 0 Å². The van der Waals surface area contributed by atoms with Crippen molar-refractivity contribution in [2.24, 2.45) is 7.05 Å². The van der Waals surface area contributed by atoms with Gasteiger partial charge in [0.15, 0.2) is 24.2 Å². The standard InChI is InChI=1S/C31H37FN6O5/c1-8-41-19(2)26-22-16-21(37-11-13-38(14-12-37)30(39)43-31(3,4)5)9-10-24(22)33-29(34-26)23-15-20-17-36(6)35-27(20)25(32)28(23)42-18-40-7/h9-10,15-17H,2,8,11-14,18H2,1,3-7H3. The molecule has 5 rings (SSSR count). The number of hydrogen-bond acceptors (Lipinski definition) is 9. The molecule has 0 N–H and O–H groups in total. The lowest BCUT2D eigenvalue weighted by Gasteiger charge is -2.36. The molecule has 0 unspecified atom stereocenters. The SMILES string of the molecule is C=C(OCC)c1nc(-c2cc3cn(C)nc3c(F)c2OCOC)nc2ccc(N3CCN(C(=O)OC(C)(C)C)CC3)cc12. The Morgan fingerprint density at radius 1 is 1.12 bits per heavy atom. The maximum absolute atomic E-state index is 15.7. The second-order valence-corrected chi connectivity index (χ2v) is 11.3. The third kappa shape index (κ3) is 6.34. The molecule has 0 saturated carbocycles. The van der Waals surface area contributed by atoms with Gasteiger partial charge in [0, 0.05) is 63.0 Å². The summed E-state index contributed by atoms with van der Waals surface area (Å²) in [7, 11) is 3.18. The van der Waals surface area contributed by atoms with Crippen molar-refractivity contribution < 1.29 is 28.1 Å². The van der Waals surface area contributed by atoms with Gasteiger partial charge in [-0.15, -0.1) is 0 Å². The molecule has 3 heterocycles. The Bertz CT molecular complexity index is 1670. The van der Waals surface area contributed by atoms with Crippen LogP contribution in [0.25, 0.3) is 39.0 Å². The van der Waals surface area contributed by atoms with Gasteiger partial charge in [0.25, 0.3) is 0 Å². The summed E-state index contributed by atoms with van der Waals surface area (Å²) in [5, 5.41) is 5.54. The largest absolute Gasteiger partial charge is 0.492 e. The first-order chi connectivity index (χ1) is 20.5. The van der Waals surface area contributed by atoms with E-state index in [-0.39, 0.29) is 30.0 Å². The molecular formula is C31H37FN6O5. The van der Waals surface area contributed by atoms with E-state index in [9.17, 15) is 4.79 Å². The monoisotopic (exact) mass is 592 g/mol. The molecule has 2 aromatic carbocycles. The van der Waals surface area contributed by atoms with Crippen LogP contribution < -0.4 is 9.64 Å². The molecule has 2 aromatic heterocycles. The number of benzene rings is 2. The highest BCUT2D eigenvalue weighted by Gasteiger charge is 2.27. The smallest absolute Gasteiger partial charge is 0.410 e. The van der Waals surface area contributed by atoms with Crippen molar-refractivity contribution in [2.75, 3.05) is 51.6 Å². The molecule has 228 valence electrons. The normalized spacial score (nSPS) is 13.9. The molecule has 0 spiro atoms. The van der Waals surface area contributed by atoms with Gasteiger partial charge < -0.3 is 28.7 Å². The number of carbonyl (C=O) groups is 1. The van der Waals surface area contributed by atoms with Gasteiger partial charge >= 0.3 is 6.09 Å². The number of piperazine rings is 1. The lowest BCUT2D eigenvalue weighted by molar-refractivity contribution is 0.0240. The van der Waals surface area contributed by atoms with Crippen molar-refractivity contribution in [3.63, 3.8) is 0 Å². The van der Waals surface area contributed by atoms with Gasteiger partial charge in [0.05, 0.1) is 17.7 Å². The molecule has 1 fully saturated rings. The van der Waals surface area contributed by atoms with E-state index in [1.807, 2.05) is 45.9 Å². The van der Waals surface area contributed by atoms with Gasteiger partial charge in [-0.25, -0.2) is 19.2 Å². The highest BCUT2D eigenvalue weighted by atomic mass is 19.1. The number of halogens is 1. The molecule has 0 bridgehead atoms. The molecule has 11 nitrogen and oxygen atoms in total. The summed E-state index contributed by atoms with van der Waals surface area (Å²) < 4.78 is 39.3. The molecule has 43 heavy (non-hydrogen) atoms. The summed E-state index contributed by atoms with van der Waals surface area (Å²) in [6.07, 6.45) is 1.41. The Balaban J connectivity index is 1.54. The summed E-state index contributed by atoms with van der Waals surface area (Å²) in [5.41, 5.74) is 2.04. The molecule has 0 aliphatic carbocycles. The van der Waals surface area contributed by atoms with Crippen LogP contribution >= 0.6 is 0 Å². The zero-order valence-corrected chi connectivity index (χ0v) is 25.4. The highest BCUT2D eigenvalue weighted by molar-refractivity contribution is 5.94. The Hall–Kier alpha value is -4.45. The number of methoxy groups -OCH3 is 1. The zero-order chi connectivity index (χ0) is 30.9. The Morgan fingerprint density at radius 2 is 1.86 bits per heavy atom. The lowest BCUT2D eigenvalue weighted by atomic mass is 10.1. The number of aromatic nitrogens is 4. The van der Waals surface area contributed by atoms with Crippen LogP contribution in [0.1, 0.15) is 33.4 Å². The van der Waals surface area contributed by atoms with E-state index in [2.05, 4.69) is 16.6 Å². The van der Waals surface area contributed by atoms with Crippen LogP contribution in [0.3, 0.4) is 0 Å². The van der Waals surface area contributed by atoms with Crippen molar-refractivity contribution in [3.8, 4) is 17.1 Å². The van der Waals surface area contributed by atoms with Gasteiger partial charge in [-0.3, -0.25) is 4.68 Å². The van der Waals surface area contributed by atoms with Crippen LogP contribution in [0, 0.1) is 5.82 Å². The number of fused-ring (bicyclic) bond motifs is 2. The first kappa shape index (κ1) is 30.0. The number of aryl methyl sites for hydroxylation is 1. The van der Waals surface area contributed by atoms with Gasteiger partial charge in [-0.2, -0.15) is 5.10 Å². The van der Waals surface area contributed by atoms with Crippen molar-refractivity contribution in [1.82, 2.24) is 24.6 Å². The van der Waals surface area contributed by atoms with Crippen molar-refractivity contribution >= 4 is 39.3 Å². The second-order valence-electron chi connectivity index (χ2n) is 11.3. The quantitative estimate of drug-likeness (QED) is 0.197. The first-order valence-electron chi connectivity index (χ1n) is 14.1. The van der Waals surface area contributed by atoms with Gasteiger partial charge in [-0.1, -0.05) is 6.58 Å². The molecule has 1 amide bonds. The number of ether oxygens (including phenoxy) is 4. The van der Waals surface area contributed by atoms with Crippen molar-refractivity contribution in [2.45, 2.75) is 33.3 Å². The van der Waals surface area contributed by atoms with Gasteiger partial charge in [0.2, 0.25) is 0 Å². The third-order valence-electron chi connectivity index (χ3n) is 6.93. The van der Waals surface area contributed by atoms with Crippen LogP contribution in [-0.4, -0.2) is 83.0 Å². The van der Waals surface area contributed by atoms with E-state index in [1.165, 1.54) is 11.8 Å². The molecule has 0 radical (unpaired) electrons. The number of hydrogen-bond donors (Lipinski definition) is 0. The Morgan fingerprint density at radius 3 is 2.53 bits per heavy atom. The summed E-state index contributed by atoms with van der Waals surface area (Å²) in [6, 6.07) is 7.62. The summed E-state index contributed by atoms with van der Waals surface area (Å²) in [6.45, 7) is 14.1. The summed E-state index contributed by atoms with van der Waals surface area (Å²) in [4.78, 5) is 26.1. The van der Waals surface area contributed by atoms with E-state index in [0.717, 1.165) is 11.1 Å². The van der Waals surface area contributed by atoms with Crippen LogP contribution in [0.5, 0.6) is 5.75 Å². The fourth-order valence-corrected chi connectivity index (χ4v) is 5.02. The van der Waals surface area contributed by atoms with Crippen LogP contribution in [-0.2, 0) is 21.3 Å². The minimum atomic E-state index is -0.625. The second kappa shape index (κ2) is 12.0. The molecule has 12 heteroatoms. The maximum atomic E-state index is 15.7. The zero-order valence-electron chi connectivity index (χ0n) is 25.4. The van der Waals surface area contributed by atoms with Gasteiger partial charge in [0.1, 0.15) is 22.6 Å². The summed E-state index contributed by atoms with van der Waals surface area (Å²) >= 11 is 0. The van der Waals surface area contributed by atoms with E-state index < -0.39 is 11.4 Å². The number of nitrogens with zero attached hydrogens (tertiary/aromatic N) is 6. The lowest BCUT2D eigenvalue weighted by Crippen LogP contribution is -2.50. The third-order valence-corrected chi connectivity index (χ3v) is 6.93. The minimum Gasteiger partial charge on any atom is -0.492 e. The predicted molar refractivity (Wildman–Crippen MR) is 162 cm³/mol. The number of carbonyl (C=O) groups excluding carboxylic acids is 1. The van der Waals surface area contributed by atoms with E-state index in [4.69, 9.17) is 28.9 Å². The molecule has 1 saturated heterocycles. The molecule has 4 aromatic rings. The molecular weight excluding hydrogens is 555 g/mol. The van der Waals surface area contributed by atoms with Crippen LogP contribution in [0.15, 0.2) is 37.0 Å². The first-order valence-corrected chi connectivity index (χ1v) is 14.1. The van der Waals surface area contributed by atoms with E-state index in [0.29, 0.717) is 60.7 Å². The maximum Gasteiger partial charge on any atom is 0.410 e. The molecule has 1 aliphatic rings.